The quantitative estimate of drug-likeness (QED) is 0.454. The van der Waals surface area contributed by atoms with Crippen molar-refractivity contribution in [1.29, 1.82) is 0 Å². The van der Waals surface area contributed by atoms with Gasteiger partial charge in [-0.3, -0.25) is 14.9 Å². The minimum absolute atomic E-state index is 0.0930. The van der Waals surface area contributed by atoms with Crippen molar-refractivity contribution >= 4 is 28.9 Å². The lowest BCUT2D eigenvalue weighted by atomic mass is 10.2. The maximum absolute atomic E-state index is 13.0. The highest BCUT2D eigenvalue weighted by Crippen LogP contribution is 2.36. The molecule has 0 radical (unpaired) electrons. The number of carbonyl (C=O) groups is 1. The summed E-state index contributed by atoms with van der Waals surface area (Å²) in [5, 5.41) is 13.6. The van der Waals surface area contributed by atoms with Gasteiger partial charge in [0.25, 0.3) is 11.6 Å². The summed E-state index contributed by atoms with van der Waals surface area (Å²) in [5.41, 5.74) is 0.881. The molecule has 0 unspecified atom stereocenters. The van der Waals surface area contributed by atoms with E-state index in [9.17, 15) is 19.3 Å². The van der Waals surface area contributed by atoms with E-state index in [1.165, 1.54) is 18.2 Å². The zero-order chi connectivity index (χ0) is 20.1. The number of halogens is 2. The number of hydrogen-bond donors (Lipinski definition) is 1. The van der Waals surface area contributed by atoms with Crippen molar-refractivity contribution in [2.45, 2.75) is 6.61 Å². The average Bonchev–Trinajstić information content (AvgIpc) is 2.68. The van der Waals surface area contributed by atoms with E-state index >= 15 is 0 Å². The van der Waals surface area contributed by atoms with E-state index in [4.69, 9.17) is 16.3 Å². The fourth-order valence-electron chi connectivity index (χ4n) is 2.43. The molecule has 0 aliphatic carbocycles. The highest BCUT2D eigenvalue weighted by Gasteiger charge is 2.20. The maximum Gasteiger partial charge on any atom is 0.291 e. The van der Waals surface area contributed by atoms with Gasteiger partial charge in [0, 0.05) is 5.56 Å². The molecule has 0 heterocycles. The lowest BCUT2D eigenvalue weighted by Gasteiger charge is -2.13. The Morgan fingerprint density at radius 3 is 2.43 bits per heavy atom. The summed E-state index contributed by atoms with van der Waals surface area (Å²) in [6.07, 6.45) is 0. The molecule has 28 heavy (non-hydrogen) atoms. The molecule has 3 rings (SSSR count). The monoisotopic (exact) mass is 400 g/mol. The molecule has 0 aliphatic heterocycles. The minimum Gasteiger partial charge on any atom is -0.486 e. The van der Waals surface area contributed by atoms with Crippen LogP contribution in [0.3, 0.4) is 0 Å². The van der Waals surface area contributed by atoms with E-state index in [2.05, 4.69) is 5.32 Å². The van der Waals surface area contributed by atoms with E-state index in [0.29, 0.717) is 0 Å². The summed E-state index contributed by atoms with van der Waals surface area (Å²) in [6.45, 7) is 0.138. The Hall–Kier alpha value is -3.45. The third kappa shape index (κ3) is 4.63. The van der Waals surface area contributed by atoms with Crippen LogP contribution in [0.2, 0.25) is 5.02 Å². The molecule has 0 fully saturated rings. The van der Waals surface area contributed by atoms with E-state index in [1.54, 1.807) is 0 Å². The van der Waals surface area contributed by atoms with Gasteiger partial charge in [0.05, 0.1) is 16.7 Å². The minimum atomic E-state index is -0.636. The van der Waals surface area contributed by atoms with Crippen molar-refractivity contribution in [3.63, 3.8) is 0 Å². The summed E-state index contributed by atoms with van der Waals surface area (Å²) >= 11 is 5.97. The number of amides is 1. The molecular formula is C20H14ClFN2O4. The molecule has 0 aliphatic rings. The van der Waals surface area contributed by atoms with Crippen molar-refractivity contribution in [3.8, 4) is 5.75 Å². The van der Waals surface area contributed by atoms with E-state index in [0.717, 1.165) is 23.8 Å². The first kappa shape index (κ1) is 19.3. The molecule has 3 aromatic carbocycles. The molecule has 0 saturated heterocycles. The molecular weight excluding hydrogens is 387 g/mol. The largest absolute Gasteiger partial charge is 0.486 e. The highest BCUT2D eigenvalue weighted by molar-refractivity contribution is 6.33. The predicted octanol–water partition coefficient (Wildman–Crippen LogP) is 5.22. The first-order valence-corrected chi connectivity index (χ1v) is 8.53. The first-order chi connectivity index (χ1) is 13.4. The Morgan fingerprint density at radius 1 is 1.11 bits per heavy atom. The van der Waals surface area contributed by atoms with E-state index in [1.807, 2.05) is 30.3 Å². The normalized spacial score (nSPS) is 10.4. The third-order valence-corrected chi connectivity index (χ3v) is 4.14. The Labute approximate surface area is 164 Å². The highest BCUT2D eigenvalue weighted by atomic mass is 35.5. The summed E-state index contributed by atoms with van der Waals surface area (Å²) in [5.74, 6) is -0.910. The average molecular weight is 401 g/mol. The molecule has 0 spiro atoms. The van der Waals surface area contributed by atoms with Crippen LogP contribution < -0.4 is 10.1 Å². The molecule has 0 aromatic heterocycles. The molecule has 142 valence electrons. The Morgan fingerprint density at radius 2 is 1.79 bits per heavy atom. The van der Waals surface area contributed by atoms with Gasteiger partial charge in [0.1, 0.15) is 23.2 Å². The van der Waals surface area contributed by atoms with E-state index in [-0.39, 0.29) is 34.3 Å². The second-order valence-electron chi connectivity index (χ2n) is 5.79. The number of nitrogens with one attached hydrogen (secondary N) is 1. The van der Waals surface area contributed by atoms with Gasteiger partial charge in [-0.15, -0.1) is 0 Å². The van der Waals surface area contributed by atoms with Gasteiger partial charge in [-0.1, -0.05) is 41.9 Å². The Balaban J connectivity index is 1.89. The van der Waals surface area contributed by atoms with Crippen LogP contribution in [0.15, 0.2) is 66.7 Å². The Kier molecular flexibility index (Phi) is 5.86. The topological polar surface area (TPSA) is 81.5 Å². The molecule has 1 N–H and O–H groups in total. The van der Waals surface area contributed by atoms with Crippen molar-refractivity contribution in [2.75, 3.05) is 5.32 Å². The van der Waals surface area contributed by atoms with Gasteiger partial charge in [0.2, 0.25) is 0 Å². The van der Waals surface area contributed by atoms with Crippen LogP contribution in [-0.4, -0.2) is 10.8 Å². The number of nitro benzene ring substituents is 1. The lowest BCUT2D eigenvalue weighted by molar-refractivity contribution is -0.384. The molecule has 6 nitrogen and oxygen atoms in total. The summed E-state index contributed by atoms with van der Waals surface area (Å²) in [7, 11) is 0. The zero-order valence-electron chi connectivity index (χ0n) is 14.4. The van der Waals surface area contributed by atoms with Gasteiger partial charge in [0.15, 0.2) is 0 Å². The number of ether oxygens (including phenoxy) is 1. The smallest absolute Gasteiger partial charge is 0.291 e. The second-order valence-corrected chi connectivity index (χ2v) is 6.20. The first-order valence-electron chi connectivity index (χ1n) is 8.15. The number of carbonyl (C=O) groups excluding carboxylic acids is 1. The number of hydrogen-bond acceptors (Lipinski definition) is 4. The molecule has 3 aromatic rings. The van der Waals surface area contributed by atoms with Crippen LogP contribution in [0.5, 0.6) is 5.75 Å². The number of nitro groups is 1. The maximum atomic E-state index is 13.0. The van der Waals surface area contributed by atoms with Gasteiger partial charge in [-0.05, 0) is 35.9 Å². The molecule has 0 atom stereocenters. The number of anilines is 1. The van der Waals surface area contributed by atoms with Gasteiger partial charge in [-0.25, -0.2) is 4.39 Å². The number of rotatable bonds is 6. The van der Waals surface area contributed by atoms with Crippen molar-refractivity contribution < 1.29 is 18.8 Å². The molecule has 1 amide bonds. The SMILES string of the molecule is O=C(Nc1cc(Cl)c([N+](=O)[O-])cc1OCc1ccccc1)c1ccc(F)cc1. The fourth-order valence-corrected chi connectivity index (χ4v) is 2.66. The lowest BCUT2D eigenvalue weighted by Crippen LogP contribution is -2.13. The fraction of sp³-hybridized carbons (Fsp3) is 0.0500. The third-order valence-electron chi connectivity index (χ3n) is 3.84. The molecule has 0 bridgehead atoms. The van der Waals surface area contributed by atoms with Gasteiger partial charge >= 0.3 is 0 Å². The Bertz CT molecular complexity index is 1010. The summed E-state index contributed by atoms with van der Waals surface area (Å²) in [6, 6.07) is 16.6. The molecule has 8 heteroatoms. The zero-order valence-corrected chi connectivity index (χ0v) is 15.2. The van der Waals surface area contributed by atoms with Crippen LogP contribution in [0.4, 0.5) is 15.8 Å². The van der Waals surface area contributed by atoms with Gasteiger partial charge in [-0.2, -0.15) is 0 Å². The number of benzene rings is 3. The van der Waals surface area contributed by atoms with Crippen LogP contribution >= 0.6 is 11.6 Å². The van der Waals surface area contributed by atoms with Crippen LogP contribution in [-0.2, 0) is 6.61 Å². The summed E-state index contributed by atoms with van der Waals surface area (Å²) < 4.78 is 18.7. The van der Waals surface area contributed by atoms with Crippen molar-refractivity contribution in [3.05, 3.63) is 98.8 Å². The molecule has 0 saturated carbocycles. The number of nitrogens with zero attached hydrogens (tertiary/aromatic N) is 1. The van der Waals surface area contributed by atoms with Crippen LogP contribution in [0, 0.1) is 15.9 Å². The van der Waals surface area contributed by atoms with Gasteiger partial charge < -0.3 is 10.1 Å². The standard InChI is InChI=1S/C20H14ClFN2O4/c21-16-10-17(23-20(25)14-6-8-15(22)9-7-14)19(11-18(16)24(26)27)28-12-13-4-2-1-3-5-13/h1-11H,12H2,(H,23,25). The van der Waals surface area contributed by atoms with Crippen LogP contribution in [0.25, 0.3) is 0 Å². The van der Waals surface area contributed by atoms with Crippen molar-refractivity contribution in [1.82, 2.24) is 0 Å². The van der Waals surface area contributed by atoms with E-state index < -0.39 is 16.6 Å². The second kappa shape index (κ2) is 8.49. The predicted molar refractivity (Wildman–Crippen MR) is 103 cm³/mol. The van der Waals surface area contributed by atoms with Crippen molar-refractivity contribution in [2.24, 2.45) is 0 Å². The van der Waals surface area contributed by atoms with Crippen LogP contribution in [0.1, 0.15) is 15.9 Å². The summed E-state index contributed by atoms with van der Waals surface area (Å²) in [4.78, 5) is 23.0.